The van der Waals surface area contributed by atoms with Crippen LogP contribution in [0.4, 0.5) is 5.82 Å². The van der Waals surface area contributed by atoms with Crippen LogP contribution in [0.1, 0.15) is 18.9 Å². The molecule has 2 N–H and O–H groups in total. The second-order valence-electron chi connectivity index (χ2n) is 4.52. The van der Waals surface area contributed by atoms with Gasteiger partial charge < -0.3 is 10.6 Å². The number of anilines is 1. The third kappa shape index (κ3) is 3.20. The summed E-state index contributed by atoms with van der Waals surface area (Å²) in [7, 11) is 0. The maximum absolute atomic E-state index is 4.65. The summed E-state index contributed by atoms with van der Waals surface area (Å²) in [5.41, 5.74) is 2.25. The molecule has 18 heavy (non-hydrogen) atoms. The van der Waals surface area contributed by atoms with Crippen molar-refractivity contribution in [1.29, 1.82) is 0 Å². The summed E-state index contributed by atoms with van der Waals surface area (Å²) in [6, 6.07) is 10.4. The Bertz CT molecular complexity index is 508. The molecular weight excluding hydrogens is 222 g/mol. The summed E-state index contributed by atoms with van der Waals surface area (Å²) >= 11 is 0. The van der Waals surface area contributed by atoms with Crippen LogP contribution in [-0.2, 0) is 0 Å². The standard InChI is InChI=1S/C15H21N3/c1-3-8-16-9-10-17-15-12(2)11-13-6-4-5-7-14(13)18-15/h4-7,11,16H,3,8-10H2,1-2H3,(H,17,18). The minimum atomic E-state index is 0.909. The summed E-state index contributed by atoms with van der Waals surface area (Å²) in [6.45, 7) is 7.23. The molecule has 0 aliphatic carbocycles. The van der Waals surface area contributed by atoms with Crippen LogP contribution in [0.2, 0.25) is 0 Å². The van der Waals surface area contributed by atoms with Crippen LogP contribution in [0.25, 0.3) is 10.9 Å². The van der Waals surface area contributed by atoms with Crippen molar-refractivity contribution in [3.63, 3.8) is 0 Å². The van der Waals surface area contributed by atoms with Gasteiger partial charge in [0.25, 0.3) is 0 Å². The highest BCUT2D eigenvalue weighted by Gasteiger charge is 2.01. The van der Waals surface area contributed by atoms with Crippen LogP contribution in [-0.4, -0.2) is 24.6 Å². The number of nitrogens with one attached hydrogen (secondary N) is 2. The van der Waals surface area contributed by atoms with E-state index in [4.69, 9.17) is 0 Å². The van der Waals surface area contributed by atoms with Crippen LogP contribution in [0.15, 0.2) is 30.3 Å². The van der Waals surface area contributed by atoms with Gasteiger partial charge in [-0.2, -0.15) is 0 Å². The predicted octanol–water partition coefficient (Wildman–Crippen LogP) is 2.95. The van der Waals surface area contributed by atoms with Gasteiger partial charge in [0, 0.05) is 18.5 Å². The highest BCUT2D eigenvalue weighted by atomic mass is 15.0. The number of nitrogens with zero attached hydrogens (tertiary/aromatic N) is 1. The van der Waals surface area contributed by atoms with Crippen LogP contribution in [0.5, 0.6) is 0 Å². The van der Waals surface area contributed by atoms with Crippen molar-refractivity contribution in [2.45, 2.75) is 20.3 Å². The minimum Gasteiger partial charge on any atom is -0.369 e. The molecule has 0 bridgehead atoms. The molecule has 0 spiro atoms. The number of aromatic nitrogens is 1. The van der Waals surface area contributed by atoms with Crippen molar-refractivity contribution < 1.29 is 0 Å². The fourth-order valence-corrected chi connectivity index (χ4v) is 1.97. The molecule has 3 nitrogen and oxygen atoms in total. The van der Waals surface area contributed by atoms with E-state index >= 15 is 0 Å². The Morgan fingerprint density at radius 2 is 1.94 bits per heavy atom. The minimum absolute atomic E-state index is 0.909. The predicted molar refractivity (Wildman–Crippen MR) is 78.1 cm³/mol. The van der Waals surface area contributed by atoms with Gasteiger partial charge in [0.2, 0.25) is 0 Å². The molecule has 0 fully saturated rings. The zero-order valence-electron chi connectivity index (χ0n) is 11.2. The first-order valence-corrected chi connectivity index (χ1v) is 6.62. The highest BCUT2D eigenvalue weighted by molar-refractivity contribution is 5.81. The van der Waals surface area contributed by atoms with Gasteiger partial charge in [0.15, 0.2) is 0 Å². The van der Waals surface area contributed by atoms with Gasteiger partial charge in [0.1, 0.15) is 5.82 Å². The number of fused-ring (bicyclic) bond motifs is 1. The van der Waals surface area contributed by atoms with Crippen molar-refractivity contribution in [2.75, 3.05) is 25.0 Å². The van der Waals surface area contributed by atoms with E-state index in [9.17, 15) is 0 Å². The lowest BCUT2D eigenvalue weighted by Gasteiger charge is -2.10. The van der Waals surface area contributed by atoms with Gasteiger partial charge in [-0.25, -0.2) is 4.98 Å². The molecule has 1 aromatic heterocycles. The first kappa shape index (κ1) is 12.8. The lowest BCUT2D eigenvalue weighted by atomic mass is 10.1. The van der Waals surface area contributed by atoms with E-state index in [1.807, 2.05) is 12.1 Å². The second kappa shape index (κ2) is 6.36. The zero-order chi connectivity index (χ0) is 12.8. The van der Waals surface area contributed by atoms with Crippen molar-refractivity contribution in [3.05, 3.63) is 35.9 Å². The maximum Gasteiger partial charge on any atom is 0.129 e. The molecule has 2 rings (SSSR count). The van der Waals surface area contributed by atoms with Crippen molar-refractivity contribution >= 4 is 16.7 Å². The molecule has 0 amide bonds. The quantitative estimate of drug-likeness (QED) is 0.766. The van der Waals surface area contributed by atoms with Gasteiger partial charge in [-0.05, 0) is 37.6 Å². The van der Waals surface area contributed by atoms with Crippen molar-refractivity contribution in [3.8, 4) is 0 Å². The van der Waals surface area contributed by atoms with E-state index in [2.05, 4.69) is 47.7 Å². The second-order valence-corrected chi connectivity index (χ2v) is 4.52. The maximum atomic E-state index is 4.65. The van der Waals surface area contributed by atoms with E-state index in [-0.39, 0.29) is 0 Å². The van der Waals surface area contributed by atoms with Gasteiger partial charge >= 0.3 is 0 Å². The Hall–Kier alpha value is -1.61. The fraction of sp³-hybridized carbons (Fsp3) is 0.400. The molecule has 3 heteroatoms. The van der Waals surface area contributed by atoms with Crippen molar-refractivity contribution in [2.24, 2.45) is 0 Å². The smallest absolute Gasteiger partial charge is 0.129 e. The first-order valence-electron chi connectivity index (χ1n) is 6.62. The molecule has 0 atom stereocenters. The Morgan fingerprint density at radius 3 is 2.78 bits per heavy atom. The number of aryl methyl sites for hydroxylation is 1. The van der Waals surface area contributed by atoms with Gasteiger partial charge in [-0.15, -0.1) is 0 Å². The average molecular weight is 243 g/mol. The van der Waals surface area contributed by atoms with Crippen LogP contribution in [0, 0.1) is 6.92 Å². The molecule has 0 saturated carbocycles. The van der Waals surface area contributed by atoms with E-state index < -0.39 is 0 Å². The monoisotopic (exact) mass is 243 g/mol. The third-order valence-corrected chi connectivity index (χ3v) is 2.94. The topological polar surface area (TPSA) is 37.0 Å². The third-order valence-electron chi connectivity index (χ3n) is 2.94. The number of hydrogen-bond acceptors (Lipinski definition) is 3. The summed E-state index contributed by atoms with van der Waals surface area (Å²) in [5, 5.41) is 7.96. The number of hydrogen-bond donors (Lipinski definition) is 2. The fourth-order valence-electron chi connectivity index (χ4n) is 1.97. The molecule has 1 heterocycles. The Labute approximate surface area is 109 Å². The number of benzene rings is 1. The summed E-state index contributed by atoms with van der Waals surface area (Å²) in [6.07, 6.45) is 1.17. The number of para-hydroxylation sites is 1. The lowest BCUT2D eigenvalue weighted by Crippen LogP contribution is -2.23. The lowest BCUT2D eigenvalue weighted by molar-refractivity contribution is 0.687. The molecule has 96 valence electrons. The van der Waals surface area contributed by atoms with Gasteiger partial charge in [-0.1, -0.05) is 25.1 Å². The van der Waals surface area contributed by atoms with Crippen LogP contribution >= 0.6 is 0 Å². The average Bonchev–Trinajstić information content (AvgIpc) is 2.39. The molecular formula is C15H21N3. The number of pyridine rings is 1. The van der Waals surface area contributed by atoms with Gasteiger partial charge in [-0.3, -0.25) is 0 Å². The normalized spacial score (nSPS) is 10.8. The molecule has 0 aliphatic rings. The molecule has 1 aromatic carbocycles. The zero-order valence-corrected chi connectivity index (χ0v) is 11.2. The van der Waals surface area contributed by atoms with E-state index in [0.717, 1.165) is 31.0 Å². The number of rotatable bonds is 6. The van der Waals surface area contributed by atoms with Crippen LogP contribution < -0.4 is 10.6 Å². The Balaban J connectivity index is 2.01. The van der Waals surface area contributed by atoms with Crippen molar-refractivity contribution in [1.82, 2.24) is 10.3 Å². The highest BCUT2D eigenvalue weighted by Crippen LogP contribution is 2.19. The molecule has 0 radical (unpaired) electrons. The largest absolute Gasteiger partial charge is 0.369 e. The first-order chi connectivity index (χ1) is 8.81. The van der Waals surface area contributed by atoms with E-state index in [1.165, 1.54) is 17.4 Å². The van der Waals surface area contributed by atoms with Crippen LogP contribution in [0.3, 0.4) is 0 Å². The van der Waals surface area contributed by atoms with E-state index in [0.29, 0.717) is 0 Å². The molecule has 2 aromatic rings. The summed E-state index contributed by atoms with van der Waals surface area (Å²) in [5.74, 6) is 0.993. The molecule has 0 saturated heterocycles. The summed E-state index contributed by atoms with van der Waals surface area (Å²) < 4.78 is 0. The molecule has 0 aliphatic heterocycles. The van der Waals surface area contributed by atoms with Gasteiger partial charge in [0.05, 0.1) is 5.52 Å². The van der Waals surface area contributed by atoms with E-state index in [1.54, 1.807) is 0 Å². The Kier molecular flexibility index (Phi) is 4.53. The summed E-state index contributed by atoms with van der Waals surface area (Å²) in [4.78, 5) is 4.65. The SMILES string of the molecule is CCCNCCNc1nc2ccccc2cc1C. The Morgan fingerprint density at radius 1 is 1.11 bits per heavy atom. The molecule has 0 unspecified atom stereocenters.